The molecule has 70 valence electrons. The summed E-state index contributed by atoms with van der Waals surface area (Å²) in [4.78, 5) is 0. The molecule has 1 heteroatoms. The molecule has 1 N–H and O–H groups in total. The van der Waals surface area contributed by atoms with Gasteiger partial charge in [0, 0.05) is 6.42 Å². The smallest absolute Gasteiger partial charge is 0.0733 e. The molecule has 1 nitrogen and oxygen atoms in total. The van der Waals surface area contributed by atoms with Gasteiger partial charge in [0.15, 0.2) is 0 Å². The monoisotopic (exact) mass is 168 g/mol. The number of hydrogen-bond donors (Lipinski definition) is 1. The van der Waals surface area contributed by atoms with Gasteiger partial charge in [-0.3, -0.25) is 0 Å². The first kappa shape index (κ1) is 11.5. The van der Waals surface area contributed by atoms with Crippen LogP contribution in [-0.4, -0.2) is 10.7 Å². The van der Waals surface area contributed by atoms with Gasteiger partial charge in [-0.1, -0.05) is 34.3 Å². The van der Waals surface area contributed by atoms with Crippen LogP contribution in [-0.2, 0) is 0 Å². The molecule has 0 aromatic heterocycles. The standard InChI is InChI=1S/C11H20O/c1-6-7-8-11(12,9(2)3)10(4)5/h7,9-10,12H,1,8H2,2-5H3. The zero-order valence-corrected chi connectivity index (χ0v) is 8.59. The van der Waals surface area contributed by atoms with Crippen molar-refractivity contribution in [3.8, 4) is 0 Å². The minimum atomic E-state index is -0.606. The van der Waals surface area contributed by atoms with Gasteiger partial charge in [-0.05, 0) is 17.9 Å². The van der Waals surface area contributed by atoms with Crippen LogP contribution in [0, 0.1) is 11.8 Å². The summed E-state index contributed by atoms with van der Waals surface area (Å²) in [5.41, 5.74) is 2.09. The summed E-state index contributed by atoms with van der Waals surface area (Å²) >= 11 is 0. The fourth-order valence-corrected chi connectivity index (χ4v) is 1.37. The van der Waals surface area contributed by atoms with Crippen molar-refractivity contribution in [2.75, 3.05) is 0 Å². The maximum atomic E-state index is 10.2. The molecule has 0 aliphatic rings. The highest BCUT2D eigenvalue weighted by Crippen LogP contribution is 2.29. The molecule has 0 unspecified atom stereocenters. The van der Waals surface area contributed by atoms with E-state index in [-0.39, 0.29) is 11.8 Å². The Morgan fingerprint density at radius 2 is 1.75 bits per heavy atom. The Bertz CT molecular complexity index is 165. The maximum Gasteiger partial charge on any atom is 0.0733 e. The average molecular weight is 168 g/mol. The van der Waals surface area contributed by atoms with Crippen LogP contribution < -0.4 is 0 Å². The van der Waals surface area contributed by atoms with E-state index in [9.17, 15) is 5.11 Å². The van der Waals surface area contributed by atoms with Crippen molar-refractivity contribution in [3.05, 3.63) is 18.4 Å². The van der Waals surface area contributed by atoms with Crippen molar-refractivity contribution in [1.29, 1.82) is 0 Å². The molecule has 0 amide bonds. The topological polar surface area (TPSA) is 20.2 Å². The van der Waals surface area contributed by atoms with Crippen LogP contribution in [0.4, 0.5) is 0 Å². The lowest BCUT2D eigenvalue weighted by Crippen LogP contribution is -2.39. The van der Waals surface area contributed by atoms with Crippen LogP contribution in [0.5, 0.6) is 0 Å². The van der Waals surface area contributed by atoms with Gasteiger partial charge < -0.3 is 5.11 Å². The normalized spacial score (nSPS) is 11.9. The lowest BCUT2D eigenvalue weighted by Gasteiger charge is -2.35. The fourth-order valence-electron chi connectivity index (χ4n) is 1.37. The Kier molecular flexibility index (Phi) is 4.30. The first-order valence-corrected chi connectivity index (χ1v) is 4.51. The number of aliphatic hydroxyl groups is 1. The summed E-state index contributed by atoms with van der Waals surface area (Å²) in [6.45, 7) is 11.6. The van der Waals surface area contributed by atoms with Gasteiger partial charge in [0.25, 0.3) is 0 Å². The van der Waals surface area contributed by atoms with Crippen LogP contribution in [0.25, 0.3) is 0 Å². The lowest BCUT2D eigenvalue weighted by molar-refractivity contribution is -0.0438. The number of hydrogen-bond acceptors (Lipinski definition) is 1. The molecule has 0 spiro atoms. The van der Waals surface area contributed by atoms with Crippen LogP contribution >= 0.6 is 0 Å². The van der Waals surface area contributed by atoms with Crippen LogP contribution in [0.2, 0.25) is 0 Å². The van der Waals surface area contributed by atoms with E-state index >= 15 is 0 Å². The Morgan fingerprint density at radius 3 is 2.00 bits per heavy atom. The summed E-state index contributed by atoms with van der Waals surface area (Å²) in [5.74, 6) is 0.532. The van der Waals surface area contributed by atoms with E-state index in [1.807, 2.05) is 27.7 Å². The van der Waals surface area contributed by atoms with Crippen LogP contribution in [0.15, 0.2) is 18.4 Å². The molecule has 0 atom stereocenters. The molecule has 0 saturated heterocycles. The van der Waals surface area contributed by atoms with E-state index in [0.717, 1.165) is 0 Å². The highest BCUT2D eigenvalue weighted by Gasteiger charge is 2.32. The lowest BCUT2D eigenvalue weighted by atomic mass is 9.78. The quantitative estimate of drug-likeness (QED) is 0.640. The van der Waals surface area contributed by atoms with Gasteiger partial charge in [0.2, 0.25) is 0 Å². The summed E-state index contributed by atoms with van der Waals surface area (Å²) < 4.78 is 0. The van der Waals surface area contributed by atoms with Gasteiger partial charge in [0.05, 0.1) is 5.60 Å². The van der Waals surface area contributed by atoms with Crippen LogP contribution in [0.3, 0.4) is 0 Å². The van der Waals surface area contributed by atoms with Gasteiger partial charge >= 0.3 is 0 Å². The number of rotatable bonds is 4. The van der Waals surface area contributed by atoms with E-state index in [0.29, 0.717) is 6.42 Å². The Hall–Kier alpha value is -0.520. The zero-order chi connectivity index (χ0) is 9.78. The highest BCUT2D eigenvalue weighted by molar-refractivity contribution is 4.93. The largest absolute Gasteiger partial charge is 0.389 e. The molecular weight excluding hydrogens is 148 g/mol. The Labute approximate surface area is 75.8 Å². The van der Waals surface area contributed by atoms with Gasteiger partial charge in [-0.25, -0.2) is 0 Å². The van der Waals surface area contributed by atoms with E-state index in [1.165, 1.54) is 0 Å². The summed E-state index contributed by atoms with van der Waals surface area (Å²) in [6, 6.07) is 0. The molecule has 0 radical (unpaired) electrons. The van der Waals surface area contributed by atoms with E-state index < -0.39 is 5.60 Å². The third-order valence-electron chi connectivity index (χ3n) is 2.57. The molecule has 0 saturated carbocycles. The molecule has 0 aromatic carbocycles. The van der Waals surface area contributed by atoms with Crippen molar-refractivity contribution < 1.29 is 5.11 Å². The second-order valence-electron chi connectivity index (χ2n) is 3.91. The van der Waals surface area contributed by atoms with Crippen molar-refractivity contribution in [2.45, 2.75) is 39.7 Å². The fraction of sp³-hybridized carbons (Fsp3) is 0.727. The summed E-state index contributed by atoms with van der Waals surface area (Å²) in [7, 11) is 0. The van der Waals surface area contributed by atoms with Crippen molar-refractivity contribution in [3.63, 3.8) is 0 Å². The second-order valence-corrected chi connectivity index (χ2v) is 3.91. The Balaban J connectivity index is 4.50. The third kappa shape index (κ3) is 2.51. The van der Waals surface area contributed by atoms with Gasteiger partial charge in [-0.2, -0.15) is 0 Å². The molecule has 0 aliphatic heterocycles. The highest BCUT2D eigenvalue weighted by atomic mass is 16.3. The molecule has 0 fully saturated rings. The van der Waals surface area contributed by atoms with E-state index in [4.69, 9.17) is 0 Å². The van der Waals surface area contributed by atoms with Crippen molar-refractivity contribution in [2.24, 2.45) is 11.8 Å². The molecule has 0 heterocycles. The molecule has 0 aromatic rings. The third-order valence-corrected chi connectivity index (χ3v) is 2.57. The Morgan fingerprint density at radius 1 is 1.33 bits per heavy atom. The predicted octanol–water partition coefficient (Wildman–Crippen LogP) is 2.76. The molecule has 12 heavy (non-hydrogen) atoms. The molecule has 0 aliphatic carbocycles. The van der Waals surface area contributed by atoms with E-state index in [1.54, 1.807) is 6.08 Å². The molecule has 0 bridgehead atoms. The first-order valence-electron chi connectivity index (χ1n) is 4.51. The SMILES string of the molecule is C=C=CCC(O)(C(C)C)C(C)C. The predicted molar refractivity (Wildman–Crippen MR) is 53.0 cm³/mol. The first-order chi connectivity index (χ1) is 5.45. The minimum absolute atomic E-state index is 0.266. The van der Waals surface area contributed by atoms with Crippen molar-refractivity contribution in [1.82, 2.24) is 0 Å². The second kappa shape index (κ2) is 4.49. The minimum Gasteiger partial charge on any atom is -0.389 e. The maximum absolute atomic E-state index is 10.2. The average Bonchev–Trinajstić information content (AvgIpc) is 1.99. The summed E-state index contributed by atoms with van der Waals surface area (Å²) in [6.07, 6.45) is 2.45. The zero-order valence-electron chi connectivity index (χ0n) is 8.59. The molecule has 0 rings (SSSR count). The van der Waals surface area contributed by atoms with Gasteiger partial charge in [-0.15, -0.1) is 5.73 Å². The van der Waals surface area contributed by atoms with Crippen molar-refractivity contribution >= 4 is 0 Å². The van der Waals surface area contributed by atoms with Gasteiger partial charge in [0.1, 0.15) is 0 Å². The molecular formula is C11H20O. The van der Waals surface area contributed by atoms with Crippen LogP contribution in [0.1, 0.15) is 34.1 Å². The van der Waals surface area contributed by atoms with E-state index in [2.05, 4.69) is 12.3 Å². The summed E-state index contributed by atoms with van der Waals surface area (Å²) in [5, 5.41) is 10.2.